The number of alkyl halides is 1. The minimum Gasteiger partial charge on any atom is -0.365 e. The first-order valence-corrected chi connectivity index (χ1v) is 8.25. The molecule has 3 atom stereocenters. The lowest BCUT2D eigenvalue weighted by Crippen LogP contribution is -2.28. The van der Waals surface area contributed by atoms with Crippen molar-refractivity contribution in [2.45, 2.75) is 25.3 Å². The molecule has 3 rings (SSSR count). The molecule has 2 heterocycles. The van der Waals surface area contributed by atoms with Gasteiger partial charge in [0.15, 0.2) is 5.82 Å². The first-order chi connectivity index (χ1) is 12.5. The quantitative estimate of drug-likeness (QED) is 0.797. The first-order valence-electron chi connectivity index (χ1n) is 8.25. The minimum absolute atomic E-state index is 0.125. The molecule has 0 unspecified atom stereocenters. The topological polar surface area (TPSA) is 110 Å². The standard InChI is InChI=1S/C17H18F2N6O/c18-7-10-1-2-14(11(5-10)8-20)25-9-13(16(21)26)17(24-25)23-12-3-4-22-15(19)6-12/h3-4,6,9-11,14H,1-2,5,7H2,(H2,21,26)(H,22,23,24)/t10-,11+,14-/m0/s1. The number of anilines is 2. The highest BCUT2D eigenvalue weighted by atomic mass is 19.1. The minimum atomic E-state index is -0.695. The summed E-state index contributed by atoms with van der Waals surface area (Å²) in [5.41, 5.74) is 5.91. The third-order valence-corrected chi connectivity index (χ3v) is 4.63. The summed E-state index contributed by atoms with van der Waals surface area (Å²) in [5.74, 6) is -1.73. The number of carbonyl (C=O) groups is 1. The van der Waals surface area contributed by atoms with Crippen LogP contribution in [0.3, 0.4) is 0 Å². The molecule has 0 spiro atoms. The molecule has 0 aliphatic heterocycles. The van der Waals surface area contributed by atoms with Crippen LogP contribution < -0.4 is 11.1 Å². The number of primary amides is 1. The van der Waals surface area contributed by atoms with E-state index in [2.05, 4.69) is 21.5 Å². The summed E-state index contributed by atoms with van der Waals surface area (Å²) < 4.78 is 27.7. The van der Waals surface area contributed by atoms with E-state index < -0.39 is 24.4 Å². The third kappa shape index (κ3) is 3.64. The summed E-state index contributed by atoms with van der Waals surface area (Å²) in [5, 5.41) is 16.6. The van der Waals surface area contributed by atoms with Crippen LogP contribution in [0.25, 0.3) is 0 Å². The highest BCUT2D eigenvalue weighted by Crippen LogP contribution is 2.37. The van der Waals surface area contributed by atoms with Crippen LogP contribution in [0.5, 0.6) is 0 Å². The second kappa shape index (κ2) is 7.47. The van der Waals surface area contributed by atoms with Crippen LogP contribution in [-0.4, -0.2) is 27.3 Å². The molecule has 136 valence electrons. The second-order valence-electron chi connectivity index (χ2n) is 6.36. The number of carbonyl (C=O) groups excluding carboxylic acids is 1. The van der Waals surface area contributed by atoms with E-state index in [1.165, 1.54) is 23.1 Å². The molecule has 9 heteroatoms. The predicted octanol–water partition coefficient (Wildman–Crippen LogP) is 2.71. The zero-order chi connectivity index (χ0) is 18.7. The van der Waals surface area contributed by atoms with Crippen LogP contribution in [0.4, 0.5) is 20.3 Å². The zero-order valence-corrected chi connectivity index (χ0v) is 13.9. The summed E-state index contributed by atoms with van der Waals surface area (Å²) >= 11 is 0. The Labute approximate surface area is 148 Å². The molecule has 2 aromatic rings. The van der Waals surface area contributed by atoms with Gasteiger partial charge in [0.05, 0.1) is 24.7 Å². The normalized spacial score (nSPS) is 22.6. The Morgan fingerprint density at radius 3 is 2.96 bits per heavy atom. The summed E-state index contributed by atoms with van der Waals surface area (Å²) in [6.45, 7) is -0.447. The smallest absolute Gasteiger partial charge is 0.254 e. The van der Waals surface area contributed by atoms with Crippen LogP contribution in [0, 0.1) is 29.1 Å². The molecule has 7 nitrogen and oxygen atoms in total. The van der Waals surface area contributed by atoms with Gasteiger partial charge in [-0.25, -0.2) is 4.98 Å². The Morgan fingerprint density at radius 1 is 1.50 bits per heavy atom. The number of amides is 1. The fourth-order valence-corrected chi connectivity index (χ4v) is 3.29. The lowest BCUT2D eigenvalue weighted by molar-refractivity contribution is 0.100. The maximum atomic E-state index is 13.3. The number of nitriles is 1. The van der Waals surface area contributed by atoms with E-state index in [4.69, 9.17) is 5.73 Å². The molecule has 1 saturated carbocycles. The Bertz CT molecular complexity index is 846. The van der Waals surface area contributed by atoms with E-state index >= 15 is 0 Å². The van der Waals surface area contributed by atoms with Crippen molar-refractivity contribution < 1.29 is 13.6 Å². The van der Waals surface area contributed by atoms with Crippen LogP contribution in [0.2, 0.25) is 0 Å². The molecular formula is C17H18F2N6O. The molecule has 1 fully saturated rings. The SMILES string of the molecule is N#C[C@H]1C[C@@H](CF)CC[C@@H]1n1cc(C(N)=O)c(Nc2ccnc(F)c2)n1. The fraction of sp³-hybridized carbons (Fsp3) is 0.412. The number of halogens is 2. The van der Waals surface area contributed by atoms with Crippen molar-refractivity contribution in [2.75, 3.05) is 12.0 Å². The average Bonchev–Trinajstić information content (AvgIpc) is 3.05. The van der Waals surface area contributed by atoms with E-state index in [0.29, 0.717) is 24.9 Å². The van der Waals surface area contributed by atoms with Gasteiger partial charge in [0.2, 0.25) is 5.95 Å². The molecule has 3 N–H and O–H groups in total. The van der Waals surface area contributed by atoms with Crippen molar-refractivity contribution in [3.63, 3.8) is 0 Å². The Hall–Kier alpha value is -3.02. The number of nitrogens with two attached hydrogens (primary N) is 1. The van der Waals surface area contributed by atoms with E-state index in [0.717, 1.165) is 6.07 Å². The van der Waals surface area contributed by atoms with Crippen molar-refractivity contribution in [2.24, 2.45) is 17.6 Å². The Balaban J connectivity index is 1.89. The molecule has 2 aromatic heterocycles. The molecular weight excluding hydrogens is 342 g/mol. The van der Waals surface area contributed by atoms with Crippen molar-refractivity contribution in [3.8, 4) is 6.07 Å². The number of pyridine rings is 1. The molecule has 0 bridgehead atoms. The molecule has 1 amide bonds. The van der Waals surface area contributed by atoms with Crippen LogP contribution in [-0.2, 0) is 0 Å². The second-order valence-corrected chi connectivity index (χ2v) is 6.36. The Kier molecular flexibility index (Phi) is 5.11. The average molecular weight is 360 g/mol. The molecule has 0 saturated heterocycles. The van der Waals surface area contributed by atoms with E-state index in [9.17, 15) is 18.8 Å². The number of nitrogens with zero attached hydrogens (tertiary/aromatic N) is 4. The van der Waals surface area contributed by atoms with Crippen molar-refractivity contribution in [1.29, 1.82) is 5.26 Å². The van der Waals surface area contributed by atoms with E-state index in [1.807, 2.05) is 0 Å². The number of aromatic nitrogens is 3. The monoisotopic (exact) mass is 360 g/mol. The molecule has 26 heavy (non-hydrogen) atoms. The third-order valence-electron chi connectivity index (χ3n) is 4.63. The molecule has 0 aromatic carbocycles. The van der Waals surface area contributed by atoms with Gasteiger partial charge in [0.1, 0.15) is 5.56 Å². The number of hydrogen-bond donors (Lipinski definition) is 2. The highest BCUT2D eigenvalue weighted by Gasteiger charge is 2.33. The maximum Gasteiger partial charge on any atom is 0.254 e. The summed E-state index contributed by atoms with van der Waals surface area (Å²) in [7, 11) is 0. The van der Waals surface area contributed by atoms with Gasteiger partial charge >= 0.3 is 0 Å². The molecule has 1 aliphatic carbocycles. The van der Waals surface area contributed by atoms with Crippen molar-refractivity contribution in [3.05, 3.63) is 36.0 Å². The number of rotatable bonds is 5. The largest absolute Gasteiger partial charge is 0.365 e. The Morgan fingerprint density at radius 2 is 2.31 bits per heavy atom. The van der Waals surface area contributed by atoms with Gasteiger partial charge in [-0.2, -0.15) is 14.8 Å². The van der Waals surface area contributed by atoms with E-state index in [-0.39, 0.29) is 23.3 Å². The maximum absolute atomic E-state index is 13.3. The summed E-state index contributed by atoms with van der Waals surface area (Å²) in [6.07, 6.45) is 4.43. The van der Waals surface area contributed by atoms with Gasteiger partial charge in [-0.05, 0) is 31.2 Å². The van der Waals surface area contributed by atoms with Crippen molar-refractivity contribution in [1.82, 2.24) is 14.8 Å². The number of hydrogen-bond acceptors (Lipinski definition) is 5. The van der Waals surface area contributed by atoms with Crippen LogP contribution in [0.1, 0.15) is 35.7 Å². The lowest BCUT2D eigenvalue weighted by Gasteiger charge is -2.31. The zero-order valence-electron chi connectivity index (χ0n) is 13.9. The molecule has 1 aliphatic rings. The molecule has 0 radical (unpaired) electrons. The van der Waals surface area contributed by atoms with Gasteiger partial charge < -0.3 is 11.1 Å². The predicted molar refractivity (Wildman–Crippen MR) is 89.7 cm³/mol. The summed E-state index contributed by atoms with van der Waals surface area (Å²) in [4.78, 5) is 15.2. The van der Waals surface area contributed by atoms with Gasteiger partial charge in [0, 0.05) is 24.1 Å². The van der Waals surface area contributed by atoms with Crippen LogP contribution >= 0.6 is 0 Å². The fourth-order valence-electron chi connectivity index (χ4n) is 3.29. The van der Waals surface area contributed by atoms with E-state index in [1.54, 1.807) is 0 Å². The lowest BCUT2D eigenvalue weighted by atomic mass is 9.79. The van der Waals surface area contributed by atoms with Gasteiger partial charge in [0.25, 0.3) is 5.91 Å². The number of nitrogens with one attached hydrogen (secondary N) is 1. The summed E-state index contributed by atoms with van der Waals surface area (Å²) in [6, 6.07) is 4.62. The highest BCUT2D eigenvalue weighted by molar-refractivity contribution is 5.98. The van der Waals surface area contributed by atoms with Gasteiger partial charge in [-0.15, -0.1) is 0 Å². The first kappa shape index (κ1) is 17.8. The van der Waals surface area contributed by atoms with Gasteiger partial charge in [-0.1, -0.05) is 0 Å². The van der Waals surface area contributed by atoms with Gasteiger partial charge in [-0.3, -0.25) is 13.9 Å². The van der Waals surface area contributed by atoms with Crippen LogP contribution in [0.15, 0.2) is 24.5 Å². The van der Waals surface area contributed by atoms with Crippen molar-refractivity contribution >= 4 is 17.4 Å².